The van der Waals surface area contributed by atoms with Gasteiger partial charge in [-0.3, -0.25) is 0 Å². The Hall–Kier alpha value is -2.00. The van der Waals surface area contributed by atoms with Gasteiger partial charge in [0.2, 0.25) is 0 Å². The van der Waals surface area contributed by atoms with E-state index in [9.17, 15) is 9.59 Å². The van der Waals surface area contributed by atoms with Crippen molar-refractivity contribution in [2.75, 3.05) is 13.1 Å². The van der Waals surface area contributed by atoms with E-state index in [0.717, 1.165) is 14.6 Å². The Morgan fingerprint density at radius 2 is 2.08 bits per heavy atom. The Balaban J connectivity index is 2.28. The van der Waals surface area contributed by atoms with Gasteiger partial charge in [-0.1, -0.05) is 23.9 Å². The summed E-state index contributed by atoms with van der Waals surface area (Å²) in [4.78, 5) is 30.0. The van der Waals surface area contributed by atoms with Crippen molar-refractivity contribution in [2.45, 2.75) is 36.5 Å². The van der Waals surface area contributed by atoms with Crippen molar-refractivity contribution in [3.05, 3.63) is 24.3 Å². The molecule has 25 heavy (non-hydrogen) atoms. The standard InChI is InChI=1S/C16H23N5O2S2/c1-4-18-15(23)21(5-2)13(10(3)19-14(17)22)25-16-20-11-8-6-7-9-12(11)24-16/h6-10,13H,4-5H2,1-3H3,(H,18,23)(H3,17,19,22). The monoisotopic (exact) mass is 381 g/mol. The molecule has 0 saturated carbocycles. The van der Waals surface area contributed by atoms with Crippen LogP contribution in [0.3, 0.4) is 0 Å². The predicted octanol–water partition coefficient (Wildman–Crippen LogP) is 2.82. The average Bonchev–Trinajstić information content (AvgIpc) is 2.96. The summed E-state index contributed by atoms with van der Waals surface area (Å²) < 4.78 is 1.92. The van der Waals surface area contributed by atoms with Gasteiger partial charge in [-0.05, 0) is 32.9 Å². The van der Waals surface area contributed by atoms with Crippen LogP contribution in [0, 0.1) is 0 Å². The third-order valence-electron chi connectivity index (χ3n) is 3.53. The van der Waals surface area contributed by atoms with Crippen LogP contribution in [0.15, 0.2) is 28.6 Å². The van der Waals surface area contributed by atoms with Crippen LogP contribution < -0.4 is 16.4 Å². The number of primary amides is 1. The number of thiazole rings is 1. The van der Waals surface area contributed by atoms with Crippen molar-refractivity contribution >= 4 is 45.4 Å². The largest absolute Gasteiger partial charge is 0.352 e. The van der Waals surface area contributed by atoms with E-state index in [1.165, 1.54) is 11.8 Å². The van der Waals surface area contributed by atoms with E-state index in [2.05, 4.69) is 15.6 Å². The lowest BCUT2D eigenvalue weighted by atomic mass is 10.3. The molecule has 1 heterocycles. The third-order valence-corrected chi connectivity index (χ3v) is 6.10. The van der Waals surface area contributed by atoms with E-state index in [1.54, 1.807) is 16.2 Å². The fraction of sp³-hybridized carbons (Fsp3) is 0.438. The van der Waals surface area contributed by atoms with Gasteiger partial charge in [-0.15, -0.1) is 11.3 Å². The highest BCUT2D eigenvalue weighted by Gasteiger charge is 2.30. The molecule has 0 spiro atoms. The molecule has 2 unspecified atom stereocenters. The number of thioether (sulfide) groups is 1. The van der Waals surface area contributed by atoms with Crippen LogP contribution in [0.1, 0.15) is 20.8 Å². The molecule has 136 valence electrons. The second kappa shape index (κ2) is 8.91. The number of hydrogen-bond donors (Lipinski definition) is 3. The van der Waals surface area contributed by atoms with Crippen molar-refractivity contribution in [2.24, 2.45) is 5.73 Å². The summed E-state index contributed by atoms with van der Waals surface area (Å²) in [6.45, 7) is 6.63. The summed E-state index contributed by atoms with van der Waals surface area (Å²) in [6.07, 6.45) is 0. The molecule has 1 aromatic carbocycles. The summed E-state index contributed by atoms with van der Waals surface area (Å²) in [5, 5.41) is 5.16. The van der Waals surface area contributed by atoms with Gasteiger partial charge in [0.25, 0.3) is 0 Å². The molecule has 9 heteroatoms. The van der Waals surface area contributed by atoms with Gasteiger partial charge in [0.1, 0.15) is 5.37 Å². The van der Waals surface area contributed by atoms with Crippen LogP contribution in [0.5, 0.6) is 0 Å². The van der Waals surface area contributed by atoms with Gasteiger partial charge in [0.05, 0.1) is 16.3 Å². The van der Waals surface area contributed by atoms with Crippen LogP contribution in [0.4, 0.5) is 9.59 Å². The van der Waals surface area contributed by atoms with Crippen molar-refractivity contribution in [3.63, 3.8) is 0 Å². The molecule has 0 bridgehead atoms. The molecule has 0 aliphatic heterocycles. The molecule has 2 aromatic rings. The van der Waals surface area contributed by atoms with Gasteiger partial charge in [0.15, 0.2) is 4.34 Å². The van der Waals surface area contributed by atoms with Crippen molar-refractivity contribution in [3.8, 4) is 0 Å². The molecule has 0 fully saturated rings. The molecule has 2 rings (SSSR count). The number of benzene rings is 1. The van der Waals surface area contributed by atoms with Crippen LogP contribution >= 0.6 is 23.1 Å². The first-order valence-electron chi connectivity index (χ1n) is 8.08. The molecule has 0 radical (unpaired) electrons. The Bertz CT molecular complexity index is 703. The molecule has 2 atom stereocenters. The molecule has 1 aromatic heterocycles. The summed E-state index contributed by atoms with van der Waals surface area (Å²) in [5.41, 5.74) is 6.19. The number of nitrogens with zero attached hydrogens (tertiary/aromatic N) is 2. The number of hydrogen-bond acceptors (Lipinski definition) is 5. The zero-order valence-electron chi connectivity index (χ0n) is 14.5. The summed E-state index contributed by atoms with van der Waals surface area (Å²) in [5.74, 6) is 0. The topological polar surface area (TPSA) is 100 Å². The number of urea groups is 2. The quantitative estimate of drug-likeness (QED) is 0.507. The molecule has 0 aliphatic rings. The number of aromatic nitrogens is 1. The fourth-order valence-electron chi connectivity index (χ4n) is 2.43. The second-order valence-corrected chi connectivity index (χ2v) is 7.77. The third kappa shape index (κ3) is 4.99. The minimum Gasteiger partial charge on any atom is -0.352 e. The Kier molecular flexibility index (Phi) is 6.89. The lowest BCUT2D eigenvalue weighted by Gasteiger charge is -2.33. The van der Waals surface area contributed by atoms with E-state index in [1.807, 2.05) is 45.0 Å². The summed E-state index contributed by atoms with van der Waals surface area (Å²) in [6, 6.07) is 6.75. The van der Waals surface area contributed by atoms with Gasteiger partial charge < -0.3 is 21.3 Å². The predicted molar refractivity (Wildman–Crippen MR) is 103 cm³/mol. The van der Waals surface area contributed by atoms with Gasteiger partial charge >= 0.3 is 12.1 Å². The van der Waals surface area contributed by atoms with Crippen molar-refractivity contribution < 1.29 is 9.59 Å². The summed E-state index contributed by atoms with van der Waals surface area (Å²) >= 11 is 3.02. The number of nitrogens with two attached hydrogens (primary N) is 1. The average molecular weight is 382 g/mol. The molecule has 4 N–H and O–H groups in total. The minimum absolute atomic E-state index is 0.179. The van der Waals surface area contributed by atoms with E-state index in [0.29, 0.717) is 13.1 Å². The Labute approximate surface area is 155 Å². The first kappa shape index (κ1) is 19.3. The normalized spacial score (nSPS) is 13.2. The van der Waals surface area contributed by atoms with E-state index in [4.69, 9.17) is 5.73 Å². The number of rotatable bonds is 7. The highest BCUT2D eigenvalue weighted by atomic mass is 32.2. The number of carbonyl (C=O) groups is 2. The molecule has 4 amide bonds. The van der Waals surface area contributed by atoms with E-state index >= 15 is 0 Å². The molecular weight excluding hydrogens is 358 g/mol. The lowest BCUT2D eigenvalue weighted by Crippen LogP contribution is -2.54. The van der Waals surface area contributed by atoms with Crippen LogP contribution in [-0.2, 0) is 0 Å². The number of nitrogens with one attached hydrogen (secondary N) is 2. The number of carbonyl (C=O) groups excluding carboxylic acids is 2. The van der Waals surface area contributed by atoms with Crippen LogP contribution in [0.25, 0.3) is 10.2 Å². The Morgan fingerprint density at radius 3 is 2.68 bits per heavy atom. The molecular formula is C16H23N5O2S2. The van der Waals surface area contributed by atoms with Gasteiger partial charge in [-0.25, -0.2) is 14.6 Å². The maximum absolute atomic E-state index is 12.4. The molecule has 7 nitrogen and oxygen atoms in total. The number of likely N-dealkylation sites (N-methyl/N-ethyl adjacent to an activating group) is 1. The Morgan fingerprint density at radius 1 is 1.36 bits per heavy atom. The molecule has 0 aliphatic carbocycles. The maximum Gasteiger partial charge on any atom is 0.318 e. The SMILES string of the molecule is CCNC(=O)N(CC)C(Sc1nc2ccccc2s1)C(C)NC(N)=O. The smallest absolute Gasteiger partial charge is 0.318 e. The zero-order valence-corrected chi connectivity index (χ0v) is 16.1. The number of para-hydroxylation sites is 1. The van der Waals surface area contributed by atoms with Crippen LogP contribution in [0.2, 0.25) is 0 Å². The maximum atomic E-state index is 12.4. The lowest BCUT2D eigenvalue weighted by molar-refractivity contribution is 0.187. The highest BCUT2D eigenvalue weighted by molar-refractivity contribution is 8.01. The summed E-state index contributed by atoms with van der Waals surface area (Å²) in [7, 11) is 0. The van der Waals surface area contributed by atoms with E-state index in [-0.39, 0.29) is 17.4 Å². The first-order chi connectivity index (χ1) is 12.0. The van der Waals surface area contributed by atoms with Gasteiger partial charge in [-0.2, -0.15) is 0 Å². The number of fused-ring (bicyclic) bond motifs is 1. The fourth-order valence-corrected chi connectivity index (χ4v) is 4.88. The van der Waals surface area contributed by atoms with Crippen molar-refractivity contribution in [1.82, 2.24) is 20.5 Å². The van der Waals surface area contributed by atoms with Crippen molar-refractivity contribution in [1.29, 1.82) is 0 Å². The highest BCUT2D eigenvalue weighted by Crippen LogP contribution is 2.34. The minimum atomic E-state index is -0.616. The first-order valence-corrected chi connectivity index (χ1v) is 9.78. The second-order valence-electron chi connectivity index (χ2n) is 5.37. The molecule has 0 saturated heterocycles. The van der Waals surface area contributed by atoms with Gasteiger partial charge in [0, 0.05) is 13.1 Å². The zero-order chi connectivity index (χ0) is 18.4. The van der Waals surface area contributed by atoms with Crippen LogP contribution in [-0.4, -0.2) is 46.5 Å². The number of amides is 4. The van der Waals surface area contributed by atoms with E-state index < -0.39 is 6.03 Å².